The molecule has 0 atom stereocenters. The van der Waals surface area contributed by atoms with Gasteiger partial charge < -0.3 is 10.6 Å². The summed E-state index contributed by atoms with van der Waals surface area (Å²) in [5.41, 5.74) is 0.885. The van der Waals surface area contributed by atoms with Crippen LogP contribution in [0, 0.1) is 10.1 Å². The number of aromatic nitrogens is 1. The van der Waals surface area contributed by atoms with Crippen molar-refractivity contribution in [2.75, 3.05) is 25.5 Å². The number of nitrogens with one attached hydrogen (secondary N) is 2. The van der Waals surface area contributed by atoms with E-state index in [9.17, 15) is 10.1 Å². The zero-order chi connectivity index (χ0) is 12.3. The van der Waals surface area contributed by atoms with E-state index in [2.05, 4.69) is 15.6 Å². The molecule has 0 amide bonds. The number of fused-ring (bicyclic) bond motifs is 1. The number of likely N-dealkylation sites (N-methyl/N-ethyl adjacent to an activating group) is 1. The lowest BCUT2D eigenvalue weighted by Gasteiger charge is -1.99. The number of anilines is 1. The maximum absolute atomic E-state index is 10.6. The third-order valence-corrected chi connectivity index (χ3v) is 3.21. The number of non-ortho nitro benzene ring substituents is 1. The molecule has 0 aliphatic heterocycles. The van der Waals surface area contributed by atoms with Crippen molar-refractivity contribution in [3.8, 4) is 0 Å². The van der Waals surface area contributed by atoms with Gasteiger partial charge in [0.05, 0.1) is 15.1 Å². The van der Waals surface area contributed by atoms with Gasteiger partial charge >= 0.3 is 0 Å². The first-order valence-corrected chi connectivity index (χ1v) is 5.96. The van der Waals surface area contributed by atoms with E-state index in [1.54, 1.807) is 12.1 Å². The van der Waals surface area contributed by atoms with Crippen molar-refractivity contribution in [1.82, 2.24) is 10.3 Å². The Labute approximate surface area is 102 Å². The summed E-state index contributed by atoms with van der Waals surface area (Å²) in [7, 11) is 1.88. The Morgan fingerprint density at radius 2 is 2.29 bits per heavy atom. The highest BCUT2D eigenvalue weighted by Gasteiger charge is 2.09. The van der Waals surface area contributed by atoms with Crippen molar-refractivity contribution in [2.45, 2.75) is 0 Å². The molecule has 0 unspecified atom stereocenters. The number of nitro groups is 1. The van der Waals surface area contributed by atoms with Crippen LogP contribution in [-0.4, -0.2) is 30.0 Å². The van der Waals surface area contributed by atoms with Crippen LogP contribution in [0.1, 0.15) is 0 Å². The Kier molecular flexibility index (Phi) is 3.50. The number of benzene rings is 1. The van der Waals surface area contributed by atoms with Gasteiger partial charge in [0.15, 0.2) is 5.13 Å². The summed E-state index contributed by atoms with van der Waals surface area (Å²) in [4.78, 5) is 14.6. The van der Waals surface area contributed by atoms with Crippen LogP contribution in [0.4, 0.5) is 10.8 Å². The molecule has 7 heteroatoms. The maximum atomic E-state index is 10.6. The summed E-state index contributed by atoms with van der Waals surface area (Å²) in [5.74, 6) is 0. The fourth-order valence-corrected chi connectivity index (χ4v) is 2.32. The van der Waals surface area contributed by atoms with Crippen molar-refractivity contribution in [1.29, 1.82) is 0 Å². The van der Waals surface area contributed by atoms with Crippen molar-refractivity contribution in [3.63, 3.8) is 0 Å². The Morgan fingerprint density at radius 1 is 1.47 bits per heavy atom. The Bertz CT molecular complexity index is 540. The average molecular weight is 252 g/mol. The molecule has 2 N–H and O–H groups in total. The van der Waals surface area contributed by atoms with Gasteiger partial charge in [0.1, 0.15) is 0 Å². The molecule has 17 heavy (non-hydrogen) atoms. The fraction of sp³-hybridized carbons (Fsp3) is 0.300. The molecular formula is C10H12N4O2S. The highest BCUT2D eigenvalue weighted by atomic mass is 32.1. The molecule has 0 fully saturated rings. The van der Waals surface area contributed by atoms with E-state index in [4.69, 9.17) is 0 Å². The molecule has 0 aliphatic carbocycles. The third kappa shape index (κ3) is 2.69. The van der Waals surface area contributed by atoms with E-state index in [0.29, 0.717) is 0 Å². The zero-order valence-corrected chi connectivity index (χ0v) is 10.1. The lowest BCUT2D eigenvalue weighted by Crippen LogP contribution is -2.17. The van der Waals surface area contributed by atoms with Crippen molar-refractivity contribution in [3.05, 3.63) is 28.3 Å². The van der Waals surface area contributed by atoms with Crippen LogP contribution >= 0.6 is 11.3 Å². The van der Waals surface area contributed by atoms with Gasteiger partial charge in [-0.05, 0) is 13.1 Å². The van der Waals surface area contributed by atoms with Gasteiger partial charge in [-0.2, -0.15) is 0 Å². The van der Waals surface area contributed by atoms with Crippen molar-refractivity contribution in [2.24, 2.45) is 0 Å². The number of hydrogen-bond acceptors (Lipinski definition) is 6. The molecule has 0 saturated carbocycles. The van der Waals surface area contributed by atoms with E-state index < -0.39 is 4.92 Å². The van der Waals surface area contributed by atoms with E-state index in [1.165, 1.54) is 17.4 Å². The summed E-state index contributed by atoms with van der Waals surface area (Å²) in [5, 5.41) is 17.6. The minimum atomic E-state index is -0.396. The molecule has 2 rings (SSSR count). The predicted octanol–water partition coefficient (Wildman–Crippen LogP) is 1.84. The van der Waals surface area contributed by atoms with Crippen LogP contribution in [0.15, 0.2) is 18.2 Å². The quantitative estimate of drug-likeness (QED) is 0.482. The Morgan fingerprint density at radius 3 is 3.00 bits per heavy atom. The van der Waals surface area contributed by atoms with Crippen LogP contribution in [0.3, 0.4) is 0 Å². The lowest BCUT2D eigenvalue weighted by molar-refractivity contribution is -0.384. The first-order valence-electron chi connectivity index (χ1n) is 5.14. The molecule has 0 bridgehead atoms. The second-order valence-corrected chi connectivity index (χ2v) is 4.49. The van der Waals surface area contributed by atoms with Crippen LogP contribution in [0.2, 0.25) is 0 Å². The number of nitro benzene ring substituents is 1. The van der Waals surface area contributed by atoms with Gasteiger partial charge in [-0.25, -0.2) is 4.98 Å². The minimum Gasteiger partial charge on any atom is -0.360 e. The monoisotopic (exact) mass is 252 g/mol. The first-order chi connectivity index (χ1) is 8.20. The molecule has 1 heterocycles. The van der Waals surface area contributed by atoms with E-state index in [1.807, 2.05) is 7.05 Å². The number of thiazole rings is 1. The zero-order valence-electron chi connectivity index (χ0n) is 9.27. The second kappa shape index (κ2) is 5.07. The van der Waals surface area contributed by atoms with Gasteiger partial charge in [0, 0.05) is 25.2 Å². The molecule has 6 nitrogen and oxygen atoms in total. The van der Waals surface area contributed by atoms with Gasteiger partial charge in [-0.15, -0.1) is 0 Å². The van der Waals surface area contributed by atoms with Crippen LogP contribution < -0.4 is 10.6 Å². The largest absolute Gasteiger partial charge is 0.360 e. The van der Waals surface area contributed by atoms with Gasteiger partial charge in [0.2, 0.25) is 0 Å². The summed E-state index contributed by atoms with van der Waals surface area (Å²) >= 11 is 1.42. The lowest BCUT2D eigenvalue weighted by atomic mass is 10.3. The fourth-order valence-electron chi connectivity index (χ4n) is 1.40. The second-order valence-electron chi connectivity index (χ2n) is 3.46. The predicted molar refractivity (Wildman–Crippen MR) is 68.7 cm³/mol. The van der Waals surface area contributed by atoms with Gasteiger partial charge in [-0.3, -0.25) is 10.1 Å². The van der Waals surface area contributed by atoms with Crippen molar-refractivity contribution >= 4 is 32.4 Å². The molecule has 2 aromatic rings. The third-order valence-electron chi connectivity index (χ3n) is 2.23. The molecule has 0 radical (unpaired) electrons. The summed E-state index contributed by atoms with van der Waals surface area (Å²) in [6, 6.07) is 4.70. The van der Waals surface area contributed by atoms with Crippen molar-refractivity contribution < 1.29 is 4.92 Å². The molecule has 0 spiro atoms. The summed E-state index contributed by atoms with van der Waals surface area (Å²) < 4.78 is 0.825. The smallest absolute Gasteiger partial charge is 0.270 e. The minimum absolute atomic E-state index is 0.0999. The number of nitrogens with zero attached hydrogens (tertiary/aromatic N) is 2. The van der Waals surface area contributed by atoms with Crippen LogP contribution in [-0.2, 0) is 0 Å². The van der Waals surface area contributed by atoms with Gasteiger partial charge in [-0.1, -0.05) is 11.3 Å². The van der Waals surface area contributed by atoms with E-state index >= 15 is 0 Å². The molecule has 0 aliphatic rings. The molecule has 90 valence electrons. The Hall–Kier alpha value is -1.73. The molecule has 0 saturated heterocycles. The summed E-state index contributed by atoms with van der Waals surface area (Å²) in [6.07, 6.45) is 0. The maximum Gasteiger partial charge on any atom is 0.270 e. The summed E-state index contributed by atoms with van der Waals surface area (Å²) in [6.45, 7) is 1.62. The highest BCUT2D eigenvalue weighted by Crippen LogP contribution is 2.28. The first kappa shape index (κ1) is 11.7. The topological polar surface area (TPSA) is 80.1 Å². The average Bonchev–Trinajstić information content (AvgIpc) is 2.70. The van der Waals surface area contributed by atoms with Gasteiger partial charge in [0.25, 0.3) is 5.69 Å². The van der Waals surface area contributed by atoms with Crippen LogP contribution in [0.5, 0.6) is 0 Å². The molecule has 1 aromatic heterocycles. The van der Waals surface area contributed by atoms with Crippen LogP contribution in [0.25, 0.3) is 10.2 Å². The van der Waals surface area contributed by atoms with E-state index in [-0.39, 0.29) is 5.69 Å². The molecule has 1 aromatic carbocycles. The SMILES string of the molecule is CNCCNc1nc2ccc([N+](=O)[O-])cc2s1. The normalized spacial score (nSPS) is 10.6. The number of hydrogen-bond donors (Lipinski definition) is 2. The van der Waals surface area contributed by atoms with E-state index in [0.717, 1.165) is 28.4 Å². The standard InChI is InChI=1S/C10H12N4O2S/c1-11-4-5-12-10-13-8-3-2-7(14(15)16)6-9(8)17-10/h2-3,6,11H,4-5H2,1H3,(H,12,13). The Balaban J connectivity index is 2.21. The molecular weight excluding hydrogens is 240 g/mol. The number of rotatable bonds is 5. The highest BCUT2D eigenvalue weighted by molar-refractivity contribution is 7.22.